The Balaban J connectivity index is 6.32. The van der Waals surface area contributed by atoms with E-state index in [2.05, 4.69) is 65.5 Å². The van der Waals surface area contributed by atoms with E-state index in [1.54, 1.807) is 6.92 Å². The third kappa shape index (κ3) is 6.18. The van der Waals surface area contributed by atoms with E-state index in [0.29, 0.717) is 12.2 Å². The van der Waals surface area contributed by atoms with E-state index in [4.69, 9.17) is 17.1 Å². The second-order valence-electron chi connectivity index (χ2n) is 8.40. The van der Waals surface area contributed by atoms with Crippen LogP contribution in [0.1, 0.15) is 13.3 Å². The first kappa shape index (κ1) is 27.4. The fourth-order valence-corrected chi connectivity index (χ4v) is 40.0. The fraction of sp³-hybridized carbons (Fsp3) is 0.812. The van der Waals surface area contributed by atoms with E-state index in [-0.39, 0.29) is 10.3 Å². The fourth-order valence-electron chi connectivity index (χ4n) is 4.95. The molecule has 0 aliphatic carbocycles. The number of esters is 1. The zero-order valence-electron chi connectivity index (χ0n) is 19.3. The van der Waals surface area contributed by atoms with Crippen molar-refractivity contribution in [3.05, 3.63) is 12.2 Å². The SMILES string of the molecule is C=C(C)C(=O)OCCC([Si](C)(C)O[SiH2]C)([Si](C)(C)O[SiH2]C)[Si](C)(C)O[SiH2]C. The van der Waals surface area contributed by atoms with Crippen LogP contribution in [0.2, 0.25) is 63.2 Å². The highest BCUT2D eigenvalue weighted by Gasteiger charge is 2.67. The van der Waals surface area contributed by atoms with Gasteiger partial charge in [-0.2, -0.15) is 0 Å². The van der Waals surface area contributed by atoms with Gasteiger partial charge in [0.2, 0.25) is 0 Å². The molecule has 0 atom stereocenters. The molecule has 0 aliphatic heterocycles. The molecule has 0 heterocycles. The molecule has 0 bridgehead atoms. The number of ether oxygens (including phenoxy) is 1. The van der Waals surface area contributed by atoms with Crippen molar-refractivity contribution in [2.24, 2.45) is 0 Å². The van der Waals surface area contributed by atoms with Crippen LogP contribution in [0.3, 0.4) is 0 Å². The molecule has 0 aliphatic rings. The van der Waals surface area contributed by atoms with Crippen LogP contribution in [0.5, 0.6) is 0 Å². The quantitative estimate of drug-likeness (QED) is 0.229. The summed E-state index contributed by atoms with van der Waals surface area (Å²) in [4.78, 5) is 12.0. The highest BCUT2D eigenvalue weighted by Crippen LogP contribution is 2.57. The number of hydrogen-bond acceptors (Lipinski definition) is 5. The van der Waals surface area contributed by atoms with Gasteiger partial charge in [-0.1, -0.05) is 26.2 Å². The lowest BCUT2D eigenvalue weighted by molar-refractivity contribution is -0.139. The summed E-state index contributed by atoms with van der Waals surface area (Å²) in [6.45, 7) is 26.4. The van der Waals surface area contributed by atoms with Crippen LogP contribution in [0.15, 0.2) is 12.2 Å². The maximum atomic E-state index is 12.0. The molecule has 5 nitrogen and oxygen atoms in total. The highest BCUT2D eigenvalue weighted by atomic mass is 28.5. The predicted octanol–water partition coefficient (Wildman–Crippen LogP) is 2.38. The van der Waals surface area contributed by atoms with Crippen LogP contribution < -0.4 is 0 Å². The van der Waals surface area contributed by atoms with Crippen LogP contribution in [-0.2, 0) is 21.9 Å². The third-order valence-corrected chi connectivity index (χ3v) is 35.5. The van der Waals surface area contributed by atoms with Crippen molar-refractivity contribution in [1.29, 1.82) is 0 Å². The van der Waals surface area contributed by atoms with Gasteiger partial charge in [-0.3, -0.25) is 0 Å². The molecule has 0 aromatic carbocycles. The molecule has 0 N–H and O–H groups in total. The number of carbonyl (C=O) groups excluding carboxylic acids is 1. The van der Waals surface area contributed by atoms with Gasteiger partial charge in [-0.25, -0.2) is 4.79 Å². The summed E-state index contributed by atoms with van der Waals surface area (Å²) in [7, 11) is -8.19. The van der Waals surface area contributed by atoms with Crippen molar-refractivity contribution in [2.45, 2.75) is 76.6 Å². The van der Waals surface area contributed by atoms with Crippen molar-refractivity contribution in [1.82, 2.24) is 0 Å². The lowest BCUT2D eigenvalue weighted by Crippen LogP contribution is -2.72. The minimum absolute atomic E-state index is 0.0859. The second-order valence-corrected chi connectivity index (χ2v) is 26.7. The Morgan fingerprint density at radius 1 is 0.852 bits per heavy atom. The van der Waals surface area contributed by atoms with Gasteiger partial charge < -0.3 is 17.1 Å². The summed E-state index contributed by atoms with van der Waals surface area (Å²) in [6, 6.07) is 0. The van der Waals surface area contributed by atoms with Gasteiger partial charge >= 0.3 is 5.97 Å². The lowest BCUT2D eigenvalue weighted by Gasteiger charge is -2.59. The Kier molecular flexibility index (Phi) is 11.1. The van der Waals surface area contributed by atoms with E-state index in [9.17, 15) is 4.79 Å². The molecule has 0 aromatic heterocycles. The zero-order valence-corrected chi connectivity index (χ0v) is 26.5. The Labute approximate surface area is 177 Å². The van der Waals surface area contributed by atoms with Crippen LogP contribution >= 0.6 is 0 Å². The molecular weight excluding hydrogens is 441 g/mol. The van der Waals surface area contributed by atoms with Gasteiger partial charge in [0.05, 0.1) is 6.61 Å². The molecule has 11 heteroatoms. The third-order valence-electron chi connectivity index (χ3n) is 5.66. The van der Waals surface area contributed by atoms with Crippen LogP contribution in [0.25, 0.3) is 0 Å². The van der Waals surface area contributed by atoms with Crippen LogP contribution in [0, 0.1) is 0 Å². The number of hydrogen-bond donors (Lipinski definition) is 0. The Morgan fingerprint density at radius 2 is 1.19 bits per heavy atom. The average Bonchev–Trinajstić information content (AvgIpc) is 2.49. The summed E-state index contributed by atoms with van der Waals surface area (Å²) in [5.41, 5.74) is 0.441. The van der Waals surface area contributed by atoms with Crippen molar-refractivity contribution in [3.8, 4) is 0 Å². The van der Waals surface area contributed by atoms with E-state index >= 15 is 0 Å². The molecule has 0 fully saturated rings. The summed E-state index contributed by atoms with van der Waals surface area (Å²) in [5.74, 6) is -0.315. The monoisotopic (exact) mass is 482 g/mol. The molecule has 0 saturated heterocycles. The van der Waals surface area contributed by atoms with E-state index in [1.165, 1.54) is 0 Å². The molecule has 0 rings (SSSR count). The molecule has 27 heavy (non-hydrogen) atoms. The molecule has 160 valence electrons. The average molecular weight is 483 g/mol. The van der Waals surface area contributed by atoms with Gasteiger partial charge in [-0.15, -0.1) is 0 Å². The van der Waals surface area contributed by atoms with Crippen LogP contribution in [-0.4, -0.2) is 66.8 Å². The maximum absolute atomic E-state index is 12.0. The van der Waals surface area contributed by atoms with Crippen molar-refractivity contribution >= 4 is 60.2 Å². The van der Waals surface area contributed by atoms with Gasteiger partial charge in [0.25, 0.3) is 0 Å². The van der Waals surface area contributed by atoms with E-state index in [1.807, 2.05) is 0 Å². The predicted molar refractivity (Wildman–Crippen MR) is 132 cm³/mol. The number of rotatable bonds is 13. The molecular formula is C16H42O5Si6. The first-order valence-corrected chi connectivity index (χ1v) is 24.7. The minimum Gasteiger partial charge on any atom is -0.462 e. The summed E-state index contributed by atoms with van der Waals surface area (Å²) in [5, 5.41) is 0. The molecule has 0 radical (unpaired) electrons. The molecule has 0 aromatic rings. The van der Waals surface area contributed by atoms with Gasteiger partial charge in [0.1, 0.15) is 29.3 Å². The second kappa shape index (κ2) is 11.0. The van der Waals surface area contributed by atoms with Gasteiger partial charge in [0, 0.05) is 9.86 Å². The molecule has 0 amide bonds. The normalized spacial score (nSPS) is 16.7. The smallest absolute Gasteiger partial charge is 0.333 e. The topological polar surface area (TPSA) is 54.0 Å². The van der Waals surface area contributed by atoms with E-state index in [0.717, 1.165) is 6.42 Å². The van der Waals surface area contributed by atoms with Crippen LogP contribution in [0.4, 0.5) is 0 Å². The highest BCUT2D eigenvalue weighted by molar-refractivity contribution is 7.12. The summed E-state index contributed by atoms with van der Waals surface area (Å²) < 4.78 is 25.4. The lowest BCUT2D eigenvalue weighted by atomic mass is 10.4. The molecule has 0 spiro atoms. The van der Waals surface area contributed by atoms with E-state index < -0.39 is 54.2 Å². The maximum Gasteiger partial charge on any atom is 0.333 e. The largest absolute Gasteiger partial charge is 0.462 e. The Morgan fingerprint density at radius 3 is 1.44 bits per heavy atom. The molecule has 0 unspecified atom stereocenters. The standard InChI is InChI=1S/C16H42O5Si6/c1-14(2)15(17)18-13-12-16(25(6,7)19-22-3,26(8,9)20-23-4)27(10,11)21-24-5/h1,12-13,22-24H2,2-11H3. The summed E-state index contributed by atoms with van der Waals surface area (Å²) in [6.07, 6.45) is 0.779. The molecule has 0 saturated carbocycles. The van der Waals surface area contributed by atoms with Crippen molar-refractivity contribution < 1.29 is 21.9 Å². The first-order chi connectivity index (χ1) is 12.3. The van der Waals surface area contributed by atoms with Crippen molar-refractivity contribution in [3.63, 3.8) is 0 Å². The Bertz CT molecular complexity index is 464. The summed E-state index contributed by atoms with van der Waals surface area (Å²) >= 11 is 0. The first-order valence-electron chi connectivity index (χ1n) is 10.0. The van der Waals surface area contributed by atoms with Gasteiger partial charge in [-0.05, 0) is 52.6 Å². The minimum atomic E-state index is -2.16. The Hall–Kier alpha value is 0.391. The zero-order chi connectivity index (χ0) is 21.5. The van der Waals surface area contributed by atoms with Crippen molar-refractivity contribution in [2.75, 3.05) is 6.61 Å². The number of carbonyl (C=O) groups is 1. The van der Waals surface area contributed by atoms with Gasteiger partial charge in [0.15, 0.2) is 25.0 Å².